The standard InChI is InChI=1S/C30H45N9O12.3CO.Re/c31-19(27(46)34-9-3-1-6-20(28(47)48)35-30(51)36-21(29(49)50)7-8-24(40)41)5-2-4-12-37(15-22-32-10-13-38(22)17-25(42)43)16-23-33-11-14-39(23)18-26(44)45;3*1-2;/h10-11,13-14,19-21H,1-9,12,15-18,31H2,(H,34,46)(H,40,41)(H,42,43)(H,44,45)(H,47,48)(H,49,50)(H2,35,36,51);;;;/t19-,20-,21-;;;;/m0..../s1. The van der Waals surface area contributed by atoms with Crippen LogP contribution in [-0.2, 0) is 89.3 Å². The number of nitrogens with zero attached hydrogens (tertiary/aromatic N) is 5. The van der Waals surface area contributed by atoms with Crippen LogP contribution in [0.2, 0.25) is 0 Å². The normalized spacial score (nSPS) is 11.4. The summed E-state index contributed by atoms with van der Waals surface area (Å²) in [6.45, 7) is 14.1. The average molecular weight is 994 g/mol. The first kappa shape index (κ1) is 56.6. The van der Waals surface area contributed by atoms with Crippen LogP contribution in [0.5, 0.6) is 0 Å². The number of nitrogens with one attached hydrogen (secondary N) is 3. The summed E-state index contributed by atoms with van der Waals surface area (Å²) in [5, 5.41) is 52.7. The minimum atomic E-state index is -1.52. The maximum Gasteiger partial charge on any atom is 0 e. The molecule has 25 heteroatoms. The molecule has 0 saturated heterocycles. The van der Waals surface area contributed by atoms with E-state index in [9.17, 15) is 48.9 Å². The average Bonchev–Trinajstić information content (AvgIpc) is 3.80. The van der Waals surface area contributed by atoms with Gasteiger partial charge in [-0.1, -0.05) is 6.42 Å². The van der Waals surface area contributed by atoms with Crippen LogP contribution in [-0.4, -0.2) is 123 Å². The molecule has 2 rings (SSSR count). The molecule has 0 aromatic carbocycles. The monoisotopic (exact) mass is 994 g/mol. The second-order valence-corrected chi connectivity index (χ2v) is 11.7. The number of urea groups is 1. The van der Waals surface area contributed by atoms with Gasteiger partial charge in [0.05, 0.1) is 19.1 Å². The van der Waals surface area contributed by atoms with Gasteiger partial charge in [-0.15, -0.1) is 0 Å². The largest absolute Gasteiger partial charge is 0 e. The van der Waals surface area contributed by atoms with E-state index >= 15 is 0 Å². The zero-order valence-corrected chi connectivity index (χ0v) is 33.7. The maximum absolute atomic E-state index is 12.5. The van der Waals surface area contributed by atoms with E-state index in [2.05, 4.69) is 45.9 Å². The van der Waals surface area contributed by atoms with Crippen LogP contribution in [0.4, 0.5) is 4.79 Å². The summed E-state index contributed by atoms with van der Waals surface area (Å²) in [5.74, 6) is -5.55. The van der Waals surface area contributed by atoms with Crippen molar-refractivity contribution in [2.24, 2.45) is 5.73 Å². The molecule has 58 heavy (non-hydrogen) atoms. The van der Waals surface area contributed by atoms with Gasteiger partial charge in [-0.3, -0.25) is 24.1 Å². The Balaban J connectivity index is -0.00000412. The molecule has 0 aliphatic heterocycles. The number of hydrogen-bond acceptors (Lipinski definition) is 11. The summed E-state index contributed by atoms with van der Waals surface area (Å²) >= 11 is 0. The van der Waals surface area contributed by atoms with E-state index in [1.807, 2.05) is 4.90 Å². The van der Waals surface area contributed by atoms with E-state index in [0.717, 1.165) is 0 Å². The molecule has 24 nitrogen and oxygen atoms in total. The quantitative estimate of drug-likeness (QED) is 0.0310. The number of hydrogen-bond donors (Lipinski definition) is 9. The minimum Gasteiger partial charge on any atom is 0 e. The minimum absolute atomic E-state index is 0. The number of imidazole rings is 2. The van der Waals surface area contributed by atoms with Crippen molar-refractivity contribution in [1.82, 2.24) is 40.0 Å². The number of amides is 3. The molecule has 0 aliphatic carbocycles. The zero-order valence-electron chi connectivity index (χ0n) is 31.0. The van der Waals surface area contributed by atoms with E-state index < -0.39 is 66.3 Å². The summed E-state index contributed by atoms with van der Waals surface area (Å²) in [5.41, 5.74) is 6.07. The molecule has 3 amide bonds. The van der Waals surface area contributed by atoms with E-state index in [4.69, 9.17) is 29.9 Å². The number of rotatable bonds is 26. The van der Waals surface area contributed by atoms with Gasteiger partial charge in [0, 0.05) is 58.2 Å². The number of aliphatic carboxylic acids is 5. The van der Waals surface area contributed by atoms with Gasteiger partial charge in [0.15, 0.2) is 0 Å². The number of nitrogens with two attached hydrogens (primary N) is 1. The van der Waals surface area contributed by atoms with Crippen LogP contribution in [0.25, 0.3) is 0 Å². The molecule has 0 aliphatic rings. The zero-order chi connectivity index (χ0) is 43.9. The fourth-order valence-corrected chi connectivity index (χ4v) is 4.96. The van der Waals surface area contributed by atoms with Crippen LogP contribution in [0, 0.1) is 20.0 Å². The number of carboxylic acids is 5. The van der Waals surface area contributed by atoms with Crippen molar-refractivity contribution in [1.29, 1.82) is 0 Å². The third-order valence-electron chi connectivity index (χ3n) is 7.59. The fraction of sp³-hybridized carbons (Fsp3) is 0.515. The topological polar surface area (TPSA) is 381 Å². The smallest absolute Gasteiger partial charge is 0 e. The van der Waals surface area contributed by atoms with Gasteiger partial charge >= 0.3 is 69.8 Å². The Morgan fingerprint density at radius 3 is 1.57 bits per heavy atom. The van der Waals surface area contributed by atoms with Gasteiger partial charge in [0.2, 0.25) is 5.91 Å². The van der Waals surface area contributed by atoms with Crippen molar-refractivity contribution in [3.05, 3.63) is 56.4 Å². The Bertz CT molecular complexity index is 1570. The fourth-order valence-electron chi connectivity index (χ4n) is 4.96. The van der Waals surface area contributed by atoms with Crippen LogP contribution in [0.15, 0.2) is 24.8 Å². The molecule has 2 aromatic rings. The number of carbonyl (C=O) groups excluding carboxylic acids is 2. The molecule has 0 saturated carbocycles. The summed E-state index contributed by atoms with van der Waals surface area (Å²) in [6.07, 6.45) is 7.27. The van der Waals surface area contributed by atoms with Gasteiger partial charge in [-0.05, 0) is 45.1 Å². The third kappa shape index (κ3) is 24.7. The van der Waals surface area contributed by atoms with Crippen molar-refractivity contribution in [2.45, 2.75) is 95.7 Å². The molecule has 2 aromatic heterocycles. The molecule has 3 atom stereocenters. The predicted molar refractivity (Wildman–Crippen MR) is 186 cm³/mol. The molecule has 0 spiro atoms. The van der Waals surface area contributed by atoms with Crippen molar-refractivity contribution < 1.29 is 93.5 Å². The second-order valence-electron chi connectivity index (χ2n) is 11.7. The first-order valence-electron chi connectivity index (χ1n) is 16.7. The molecule has 319 valence electrons. The number of carbonyl (C=O) groups is 7. The summed E-state index contributed by atoms with van der Waals surface area (Å²) in [6, 6.07) is -4.78. The van der Waals surface area contributed by atoms with Crippen molar-refractivity contribution in [2.75, 3.05) is 13.1 Å². The maximum atomic E-state index is 12.5. The van der Waals surface area contributed by atoms with Gasteiger partial charge in [0.25, 0.3) is 0 Å². The SMILES string of the molecule is N[C@@H](CCCCN(Cc1nccn1CC(=O)O)Cc1nccn1CC(=O)O)C(=O)NCCCC[C@H](NC(=O)N[C@@H](CCC(=O)O)C(=O)O)C(=O)O.[C-]#[O+].[C-]#[O+].[C-]#[O+].[Re]. The summed E-state index contributed by atoms with van der Waals surface area (Å²) < 4.78 is 25.5. The molecule has 0 fully saturated rings. The van der Waals surface area contributed by atoms with Crippen molar-refractivity contribution in [3.8, 4) is 0 Å². The number of unbranched alkanes of at least 4 members (excludes halogenated alkanes) is 2. The van der Waals surface area contributed by atoms with Crippen LogP contribution in [0.1, 0.15) is 63.0 Å². The Labute approximate surface area is 345 Å². The molecular formula is C33H45N9O15Re. The molecule has 10 N–H and O–H groups in total. The van der Waals surface area contributed by atoms with Crippen LogP contribution >= 0.6 is 0 Å². The molecule has 1 radical (unpaired) electrons. The molecule has 2 heterocycles. The summed E-state index contributed by atoms with van der Waals surface area (Å²) in [7, 11) is 0. The first-order valence-corrected chi connectivity index (χ1v) is 16.7. The van der Waals surface area contributed by atoms with Gasteiger partial charge < -0.3 is 56.4 Å². The Kier molecular flexibility index (Phi) is 32.7. The Hall–Kier alpha value is -5.69. The van der Waals surface area contributed by atoms with E-state index in [1.54, 1.807) is 12.4 Å². The summed E-state index contributed by atoms with van der Waals surface area (Å²) in [4.78, 5) is 91.2. The third-order valence-corrected chi connectivity index (χ3v) is 7.59. The van der Waals surface area contributed by atoms with E-state index in [1.165, 1.54) is 21.5 Å². The van der Waals surface area contributed by atoms with Crippen LogP contribution < -0.4 is 21.7 Å². The van der Waals surface area contributed by atoms with Crippen LogP contribution in [0.3, 0.4) is 0 Å². The van der Waals surface area contributed by atoms with Crippen molar-refractivity contribution in [3.63, 3.8) is 0 Å². The van der Waals surface area contributed by atoms with Crippen molar-refractivity contribution >= 4 is 41.8 Å². The second kappa shape index (κ2) is 33.5. The van der Waals surface area contributed by atoms with E-state index in [0.29, 0.717) is 43.9 Å². The first-order chi connectivity index (χ1) is 27.2. The molecule has 0 bridgehead atoms. The van der Waals surface area contributed by atoms with Gasteiger partial charge in [0.1, 0.15) is 36.8 Å². The Morgan fingerprint density at radius 2 is 1.14 bits per heavy atom. The number of aromatic nitrogens is 4. The Morgan fingerprint density at radius 1 is 0.690 bits per heavy atom. The molecular weight excluding hydrogens is 949 g/mol. The molecule has 0 unspecified atom stereocenters. The number of carboxylic acid groups (broad SMARTS) is 5. The van der Waals surface area contributed by atoms with Gasteiger partial charge in [-0.25, -0.2) is 24.4 Å². The van der Waals surface area contributed by atoms with E-state index in [-0.39, 0.29) is 72.4 Å². The predicted octanol–water partition coefficient (Wildman–Crippen LogP) is -1.01. The van der Waals surface area contributed by atoms with Gasteiger partial charge in [-0.2, -0.15) is 0 Å².